The van der Waals surface area contributed by atoms with Crippen molar-refractivity contribution in [1.82, 2.24) is 9.62 Å². The fourth-order valence-electron chi connectivity index (χ4n) is 4.34. The Hall–Kier alpha value is -2.91. The zero-order valence-electron chi connectivity index (χ0n) is 19.1. The van der Waals surface area contributed by atoms with Gasteiger partial charge < -0.3 is 10.4 Å². The first-order chi connectivity index (χ1) is 17.1. The van der Waals surface area contributed by atoms with E-state index in [0.29, 0.717) is 18.4 Å². The number of nitrogens with one attached hydrogen (secondary N) is 1. The van der Waals surface area contributed by atoms with Gasteiger partial charge in [0.25, 0.3) is 0 Å². The Morgan fingerprint density at radius 2 is 1.58 bits per heavy atom. The molecule has 7 nitrogen and oxygen atoms in total. The van der Waals surface area contributed by atoms with Crippen LogP contribution in [0.1, 0.15) is 30.9 Å². The third-order valence-electron chi connectivity index (χ3n) is 6.06. The van der Waals surface area contributed by atoms with E-state index in [9.17, 15) is 23.1 Å². The van der Waals surface area contributed by atoms with Crippen LogP contribution >= 0.6 is 23.2 Å². The normalized spacial score (nSPS) is 17.0. The van der Waals surface area contributed by atoms with Crippen molar-refractivity contribution in [3.8, 4) is 11.1 Å². The lowest BCUT2D eigenvalue weighted by Crippen LogP contribution is -2.47. The second-order valence-electron chi connectivity index (χ2n) is 8.53. The Balaban J connectivity index is 1.56. The zero-order valence-corrected chi connectivity index (χ0v) is 21.4. The van der Waals surface area contributed by atoms with Gasteiger partial charge in [-0.05, 0) is 47.7 Å². The van der Waals surface area contributed by atoms with E-state index in [-0.39, 0.29) is 27.9 Å². The number of carbonyl (C=O) groups is 2. The molecule has 1 fully saturated rings. The Morgan fingerprint density at radius 3 is 2.19 bits per heavy atom. The highest BCUT2D eigenvalue weighted by atomic mass is 35.5. The molecule has 3 aromatic carbocycles. The lowest BCUT2D eigenvalue weighted by molar-refractivity contribution is -0.137. The molecule has 1 saturated heterocycles. The second-order valence-corrected chi connectivity index (χ2v) is 11.3. The minimum atomic E-state index is -4.05. The monoisotopic (exact) mass is 546 g/mol. The Labute approximate surface area is 219 Å². The molecule has 0 unspecified atom stereocenters. The zero-order chi connectivity index (χ0) is 25.9. The summed E-state index contributed by atoms with van der Waals surface area (Å²) in [6.07, 6.45) is 0.451. The summed E-state index contributed by atoms with van der Waals surface area (Å²) in [6, 6.07) is 19.2. The number of rotatable bonds is 8. The van der Waals surface area contributed by atoms with Crippen LogP contribution < -0.4 is 5.32 Å². The molecule has 2 N–H and O–H groups in total. The van der Waals surface area contributed by atoms with Crippen molar-refractivity contribution in [3.63, 3.8) is 0 Å². The smallest absolute Gasteiger partial charge is 0.305 e. The summed E-state index contributed by atoms with van der Waals surface area (Å²) >= 11 is 12.0. The molecule has 1 aliphatic rings. The number of halogens is 2. The summed E-state index contributed by atoms with van der Waals surface area (Å²) in [5, 5.41) is 12.6. The van der Waals surface area contributed by atoms with E-state index in [4.69, 9.17) is 23.2 Å². The van der Waals surface area contributed by atoms with E-state index in [1.807, 2.05) is 42.5 Å². The Kier molecular flexibility index (Phi) is 8.00. The first kappa shape index (κ1) is 26.2. The average molecular weight is 547 g/mol. The van der Waals surface area contributed by atoms with Crippen LogP contribution in [0.3, 0.4) is 0 Å². The van der Waals surface area contributed by atoms with Crippen LogP contribution in [0.5, 0.6) is 0 Å². The minimum Gasteiger partial charge on any atom is -0.481 e. The van der Waals surface area contributed by atoms with Crippen LogP contribution in [0.4, 0.5) is 0 Å². The molecule has 0 saturated carbocycles. The molecule has 36 heavy (non-hydrogen) atoms. The summed E-state index contributed by atoms with van der Waals surface area (Å²) in [7, 11) is -4.05. The van der Waals surface area contributed by atoms with Crippen LogP contribution in [-0.4, -0.2) is 42.3 Å². The second kappa shape index (κ2) is 11.0. The van der Waals surface area contributed by atoms with Crippen molar-refractivity contribution >= 4 is 45.1 Å². The maximum Gasteiger partial charge on any atom is 0.305 e. The standard InChI is InChI=1S/C26H24Cl2N2O5S/c27-20-13-21(28)15-22(14-20)36(34,35)30-12-4-7-24(30)26(33)29-23(16-25(31)32)19-10-8-18(9-11-19)17-5-2-1-3-6-17/h1-3,5-6,8-11,13-15,23-24H,4,7,12,16H2,(H,29,33)(H,31,32)/t23-,24-/m0/s1. The molecule has 1 amide bonds. The van der Waals surface area contributed by atoms with Gasteiger partial charge in [0, 0.05) is 16.6 Å². The molecule has 1 heterocycles. The maximum atomic E-state index is 13.3. The number of benzene rings is 3. The molecule has 0 bridgehead atoms. The quantitative estimate of drug-likeness (QED) is 0.406. The van der Waals surface area contributed by atoms with Gasteiger partial charge in [0.1, 0.15) is 6.04 Å². The van der Waals surface area contributed by atoms with Gasteiger partial charge in [0.15, 0.2) is 0 Å². The first-order valence-electron chi connectivity index (χ1n) is 11.3. The topological polar surface area (TPSA) is 104 Å². The first-order valence-corrected chi connectivity index (χ1v) is 13.5. The van der Waals surface area contributed by atoms with Crippen LogP contribution in [0.2, 0.25) is 10.0 Å². The summed E-state index contributed by atoms with van der Waals surface area (Å²) in [4.78, 5) is 24.7. The van der Waals surface area contributed by atoms with Gasteiger partial charge >= 0.3 is 5.97 Å². The molecular formula is C26H24Cl2N2O5S. The number of aliphatic carboxylic acids is 1. The van der Waals surface area contributed by atoms with Crippen LogP contribution in [0.15, 0.2) is 77.7 Å². The fourth-order valence-corrected chi connectivity index (χ4v) is 6.72. The van der Waals surface area contributed by atoms with Gasteiger partial charge in [-0.2, -0.15) is 4.31 Å². The lowest BCUT2D eigenvalue weighted by atomic mass is 9.98. The van der Waals surface area contributed by atoms with Crippen LogP contribution in [-0.2, 0) is 19.6 Å². The van der Waals surface area contributed by atoms with Gasteiger partial charge in [0.05, 0.1) is 17.4 Å². The van der Waals surface area contributed by atoms with Gasteiger partial charge in [-0.1, -0.05) is 77.8 Å². The number of amides is 1. The van der Waals surface area contributed by atoms with Crippen molar-refractivity contribution in [2.75, 3.05) is 6.54 Å². The number of hydrogen-bond acceptors (Lipinski definition) is 4. The molecule has 10 heteroatoms. The summed E-state index contributed by atoms with van der Waals surface area (Å²) < 4.78 is 27.7. The molecule has 0 aliphatic carbocycles. The van der Waals surface area contributed by atoms with Crippen molar-refractivity contribution < 1.29 is 23.1 Å². The fraction of sp³-hybridized carbons (Fsp3) is 0.231. The minimum absolute atomic E-state index is 0.0988. The Bertz CT molecular complexity index is 1340. The molecule has 3 aromatic rings. The molecule has 0 spiro atoms. The van der Waals surface area contributed by atoms with E-state index in [1.165, 1.54) is 18.2 Å². The lowest BCUT2D eigenvalue weighted by Gasteiger charge is -2.26. The summed E-state index contributed by atoms with van der Waals surface area (Å²) in [5.74, 6) is -1.64. The van der Waals surface area contributed by atoms with Crippen LogP contribution in [0.25, 0.3) is 11.1 Å². The van der Waals surface area contributed by atoms with Crippen molar-refractivity contribution in [2.45, 2.75) is 36.2 Å². The molecule has 1 aliphatic heterocycles. The van der Waals surface area contributed by atoms with Gasteiger partial charge in [-0.15, -0.1) is 0 Å². The van der Waals surface area contributed by atoms with Crippen molar-refractivity contribution in [2.24, 2.45) is 0 Å². The molecule has 0 radical (unpaired) electrons. The molecule has 2 atom stereocenters. The highest BCUT2D eigenvalue weighted by molar-refractivity contribution is 7.89. The highest BCUT2D eigenvalue weighted by Gasteiger charge is 2.40. The third kappa shape index (κ3) is 5.90. The molecule has 4 rings (SSSR count). The molecule has 0 aromatic heterocycles. The third-order valence-corrected chi connectivity index (χ3v) is 8.39. The van der Waals surface area contributed by atoms with E-state index >= 15 is 0 Å². The van der Waals surface area contributed by atoms with Crippen molar-refractivity contribution in [1.29, 1.82) is 0 Å². The number of nitrogens with zero attached hydrogens (tertiary/aromatic N) is 1. The predicted octanol–water partition coefficient (Wildman–Crippen LogP) is 5.15. The van der Waals surface area contributed by atoms with E-state index < -0.39 is 34.0 Å². The summed E-state index contributed by atoms with van der Waals surface area (Å²) in [6.45, 7) is 0.153. The van der Waals surface area contributed by atoms with Gasteiger partial charge in [-0.3, -0.25) is 9.59 Å². The van der Waals surface area contributed by atoms with E-state index in [1.54, 1.807) is 12.1 Å². The molecule has 188 valence electrons. The highest BCUT2D eigenvalue weighted by Crippen LogP contribution is 2.31. The summed E-state index contributed by atoms with van der Waals surface area (Å²) in [5.41, 5.74) is 2.57. The van der Waals surface area contributed by atoms with Crippen molar-refractivity contribution in [3.05, 3.63) is 88.4 Å². The Morgan fingerprint density at radius 1 is 0.972 bits per heavy atom. The number of carboxylic acid groups (broad SMARTS) is 1. The number of carbonyl (C=O) groups excluding carboxylic acids is 1. The van der Waals surface area contributed by atoms with Gasteiger partial charge in [0.2, 0.25) is 15.9 Å². The number of hydrogen-bond donors (Lipinski definition) is 2. The average Bonchev–Trinajstić information content (AvgIpc) is 3.35. The predicted molar refractivity (Wildman–Crippen MR) is 138 cm³/mol. The largest absolute Gasteiger partial charge is 0.481 e. The van der Waals surface area contributed by atoms with E-state index in [0.717, 1.165) is 15.4 Å². The number of carboxylic acids is 1. The maximum absolute atomic E-state index is 13.3. The van der Waals surface area contributed by atoms with Gasteiger partial charge in [-0.25, -0.2) is 8.42 Å². The number of sulfonamides is 1. The van der Waals surface area contributed by atoms with E-state index in [2.05, 4.69) is 5.32 Å². The van der Waals surface area contributed by atoms with Crippen LogP contribution in [0, 0.1) is 0 Å². The molecular weight excluding hydrogens is 523 g/mol. The SMILES string of the molecule is O=C(O)C[C@H](NC(=O)[C@@H]1CCCN1S(=O)(=O)c1cc(Cl)cc(Cl)c1)c1ccc(-c2ccccc2)cc1.